The average molecular weight is 1450 g/mol. The van der Waals surface area contributed by atoms with Gasteiger partial charge in [0.1, 0.15) is 65.4 Å². The third-order valence-corrected chi connectivity index (χ3v) is 20.2. The molecule has 3 saturated heterocycles. The lowest BCUT2D eigenvalue weighted by atomic mass is 9.90. The van der Waals surface area contributed by atoms with Crippen molar-refractivity contribution in [2.24, 2.45) is 7.05 Å². The maximum absolute atomic E-state index is 14.6. The summed E-state index contributed by atoms with van der Waals surface area (Å²) >= 11 is 0. The number of hydrogen-bond donors (Lipinski definition) is 2. The van der Waals surface area contributed by atoms with Gasteiger partial charge in [-0.15, -0.1) is 0 Å². The number of anilines is 6. The first-order chi connectivity index (χ1) is 52.8. The molecule has 18 rings (SSSR count). The zero-order valence-electron chi connectivity index (χ0n) is 58.3. The molecule has 0 saturated carbocycles. The predicted octanol–water partition coefficient (Wildman–Crippen LogP) is 8.37. The maximum atomic E-state index is 14.6. The van der Waals surface area contributed by atoms with Crippen LogP contribution >= 0.6 is 0 Å². The number of rotatable bonds is 20. The Balaban J connectivity index is 0.531. The molecule has 15 heterocycles. The lowest BCUT2D eigenvalue weighted by Gasteiger charge is -2.36. The van der Waals surface area contributed by atoms with Gasteiger partial charge in [0.25, 0.3) is 0 Å². The largest absolute Gasteiger partial charge is 0.384 e. The van der Waals surface area contributed by atoms with E-state index in [-0.39, 0.29) is 12.4 Å². The van der Waals surface area contributed by atoms with E-state index in [1.54, 1.807) is 104 Å². The first-order valence-corrected chi connectivity index (χ1v) is 35.2. The van der Waals surface area contributed by atoms with Crippen molar-refractivity contribution in [3.05, 3.63) is 253 Å². The summed E-state index contributed by atoms with van der Waals surface area (Å²) in [6, 6.07) is 23.9. The molecule has 542 valence electrons. The highest BCUT2D eigenvalue weighted by Gasteiger charge is 2.36. The number of hydrogen-bond acceptors (Lipinski definition) is 24. The molecule has 0 radical (unpaired) electrons. The van der Waals surface area contributed by atoms with Crippen LogP contribution in [0.1, 0.15) is 58.3 Å². The van der Waals surface area contributed by atoms with E-state index >= 15 is 0 Å². The fourth-order valence-electron chi connectivity index (χ4n) is 14.2. The minimum atomic E-state index is -1.39. The molecule has 0 amide bonds. The predicted molar refractivity (Wildman–Crippen MR) is 392 cm³/mol. The van der Waals surface area contributed by atoms with E-state index in [4.69, 9.17) is 49.9 Å². The van der Waals surface area contributed by atoms with E-state index in [2.05, 4.69) is 88.0 Å². The molecule has 108 heavy (non-hydrogen) atoms. The number of nitrogens with zero attached hydrogens (tertiary/aromatic N) is 26. The minimum Gasteiger partial charge on any atom is -0.384 e. The van der Waals surface area contributed by atoms with Crippen molar-refractivity contribution < 1.29 is 28.1 Å². The standard InChI is InChI=1S/C75H68F3N27O3/c1-75(58-7-13-62(78)14-8-58,59-38-83-74(84-39-59)101-23-17-96(18-24-101)69-63-27-50(53-34-87-88-35-53)42-103(63)91-46-85-69)108-107-68(49-5-11-61(77)12-6-49)55-32-81-73(82-33-55)99-21-15-97(16-22-99)70-64-28-51(43-104(64)92-47-86-70)57-37-90-102(41-57)45-66-93-71(65-29-52(44-105(65)94-66)56-36-89-95(2)40-56)98-19-25-100(26-20-98)72-79-30-54(31-80-72)67(106)48-3-9-60(76)10-4-48/h3-14,27-44,46-47,67-68,106H,15-26,45H2,1-2H3,(H,87,88). The number of H-pyrrole nitrogens is 1. The van der Waals surface area contributed by atoms with Crippen LogP contribution in [0.2, 0.25) is 0 Å². The fourth-order valence-corrected chi connectivity index (χ4v) is 14.2. The van der Waals surface area contributed by atoms with Crippen LogP contribution in [0.5, 0.6) is 0 Å². The summed E-state index contributed by atoms with van der Waals surface area (Å²) in [5.41, 5.74) is 10.1. The Hall–Kier alpha value is -13.1. The molecule has 3 aliphatic rings. The number of aromatic amines is 1. The normalized spacial score (nSPS) is 15.6. The zero-order valence-corrected chi connectivity index (χ0v) is 58.3. The third-order valence-electron chi connectivity index (χ3n) is 20.2. The quantitative estimate of drug-likeness (QED) is 0.0535. The summed E-state index contributed by atoms with van der Waals surface area (Å²) in [4.78, 5) is 69.4. The molecule has 33 heteroatoms. The van der Waals surface area contributed by atoms with E-state index in [1.807, 2.05) is 74.9 Å². The van der Waals surface area contributed by atoms with Crippen LogP contribution in [-0.4, -0.2) is 187 Å². The van der Waals surface area contributed by atoms with E-state index in [1.165, 1.54) is 36.4 Å². The molecule has 30 nitrogen and oxygen atoms in total. The SMILES string of the molecule is Cn1cc(-c2cc3c(N4CCN(c5ncc(C(O)c6ccc(F)cc6)cn5)CC4)nc(Cn4cc(-c5cc6c(N7CCN(c8ncc(C(OOC(C)(c9ccc(F)cc9)c9cnc(N%10CCN(c%11ncnn%12cc(-c%13cn[nH]c%13)cc%11%12)CC%10)nc9)c9ccc(F)cc9)cn8)CC7)ncnn6c5)cn4)nn3c2)cn1. The Bertz CT molecular complexity index is 5660. The van der Waals surface area contributed by atoms with E-state index in [0.717, 1.165) is 67.4 Å². The van der Waals surface area contributed by atoms with E-state index in [0.29, 0.717) is 136 Å². The topological polar surface area (TPSA) is 290 Å². The van der Waals surface area contributed by atoms with Crippen LogP contribution in [0.3, 0.4) is 0 Å². The number of benzene rings is 3. The Morgan fingerprint density at radius 1 is 0.444 bits per heavy atom. The van der Waals surface area contributed by atoms with Gasteiger partial charge in [0.15, 0.2) is 28.9 Å². The summed E-state index contributed by atoms with van der Waals surface area (Å²) < 4.78 is 51.9. The molecular weight excluding hydrogens is 1380 g/mol. The molecule has 0 spiro atoms. The van der Waals surface area contributed by atoms with Gasteiger partial charge in [0, 0.05) is 210 Å². The van der Waals surface area contributed by atoms with Crippen molar-refractivity contribution in [1.82, 2.24) is 103 Å². The molecule has 15 aromatic rings. The van der Waals surface area contributed by atoms with Crippen molar-refractivity contribution in [3.8, 4) is 33.4 Å². The molecule has 3 fully saturated rings. The van der Waals surface area contributed by atoms with Gasteiger partial charge in [0.05, 0.1) is 18.6 Å². The molecule has 3 unspecified atom stereocenters. The van der Waals surface area contributed by atoms with Crippen LogP contribution in [0.25, 0.3) is 49.9 Å². The minimum absolute atomic E-state index is 0.285. The van der Waals surface area contributed by atoms with E-state index < -0.39 is 29.4 Å². The van der Waals surface area contributed by atoms with Gasteiger partial charge in [-0.3, -0.25) is 14.5 Å². The lowest BCUT2D eigenvalue weighted by molar-refractivity contribution is -0.371. The van der Waals surface area contributed by atoms with Crippen LogP contribution < -0.4 is 29.4 Å². The third kappa shape index (κ3) is 13.2. The Morgan fingerprint density at radius 3 is 1.44 bits per heavy atom. The highest BCUT2D eigenvalue weighted by atomic mass is 19.1. The molecular formula is C75H68F3N27O3. The summed E-state index contributed by atoms with van der Waals surface area (Å²) in [6.07, 6.45) is 28.3. The summed E-state index contributed by atoms with van der Waals surface area (Å²) in [7, 11) is 1.89. The first kappa shape index (κ1) is 66.8. The monoisotopic (exact) mass is 1450 g/mol. The molecule has 3 atom stereocenters. The zero-order chi connectivity index (χ0) is 73.0. The molecule has 0 aliphatic carbocycles. The van der Waals surface area contributed by atoms with Crippen molar-refractivity contribution in [3.63, 3.8) is 0 Å². The number of aromatic nitrogens is 21. The van der Waals surface area contributed by atoms with Gasteiger partial charge in [-0.05, 0) is 78.2 Å². The molecule has 0 bridgehead atoms. The highest BCUT2D eigenvalue weighted by molar-refractivity contribution is 5.80. The Morgan fingerprint density at radius 2 is 0.907 bits per heavy atom. The second-order valence-corrected chi connectivity index (χ2v) is 26.9. The molecule has 3 aliphatic heterocycles. The molecule has 2 N–H and O–H groups in total. The summed E-state index contributed by atoms with van der Waals surface area (Å²) in [5, 5.41) is 41.2. The second kappa shape index (κ2) is 28.1. The Kier molecular flexibility index (Phi) is 17.3. The smallest absolute Gasteiger partial charge is 0.225 e. The van der Waals surface area contributed by atoms with Gasteiger partial charge >= 0.3 is 0 Å². The number of halogens is 3. The van der Waals surface area contributed by atoms with E-state index in [9.17, 15) is 18.3 Å². The number of fused-ring (bicyclic) bond motifs is 3. The van der Waals surface area contributed by atoms with Crippen molar-refractivity contribution in [2.45, 2.75) is 31.3 Å². The number of nitrogens with one attached hydrogen (secondary N) is 1. The van der Waals surface area contributed by atoms with Crippen LogP contribution in [0, 0.1) is 17.5 Å². The average Bonchev–Trinajstić information content (AvgIpc) is 1.55. The van der Waals surface area contributed by atoms with Gasteiger partial charge in [-0.25, -0.2) is 81.3 Å². The van der Waals surface area contributed by atoms with Crippen molar-refractivity contribution in [2.75, 3.05) is 108 Å². The molecule has 12 aromatic heterocycles. The number of aliphatic hydroxyl groups is 1. The van der Waals surface area contributed by atoms with Gasteiger partial charge < -0.3 is 34.5 Å². The maximum Gasteiger partial charge on any atom is 0.225 e. The van der Waals surface area contributed by atoms with Crippen LogP contribution in [-0.2, 0) is 29.0 Å². The van der Waals surface area contributed by atoms with Gasteiger partial charge in [-0.2, -0.15) is 30.6 Å². The van der Waals surface area contributed by atoms with Gasteiger partial charge in [-0.1, -0.05) is 36.4 Å². The first-order valence-electron chi connectivity index (χ1n) is 35.2. The number of aliphatic hydroxyl groups excluding tert-OH is 1. The van der Waals surface area contributed by atoms with Crippen LogP contribution in [0.15, 0.2) is 197 Å². The van der Waals surface area contributed by atoms with Crippen molar-refractivity contribution in [1.29, 1.82) is 0 Å². The second-order valence-electron chi connectivity index (χ2n) is 26.9. The summed E-state index contributed by atoms with van der Waals surface area (Å²) in [5.74, 6) is 3.31. The van der Waals surface area contributed by atoms with Crippen LogP contribution in [0.4, 0.5) is 48.5 Å². The number of piperazine rings is 3. The molecule has 3 aromatic carbocycles. The fraction of sp³-hybridized carbons (Fsp3) is 0.240. The van der Waals surface area contributed by atoms with Crippen molar-refractivity contribution >= 4 is 51.8 Å². The Labute approximate surface area is 613 Å². The number of aryl methyl sites for hydroxylation is 1. The lowest BCUT2D eigenvalue weighted by Crippen LogP contribution is -2.47. The highest BCUT2D eigenvalue weighted by Crippen LogP contribution is 2.39. The summed E-state index contributed by atoms with van der Waals surface area (Å²) in [6.45, 7) is 9.49. The van der Waals surface area contributed by atoms with Gasteiger partial charge in [0.2, 0.25) is 17.8 Å².